The van der Waals surface area contributed by atoms with Gasteiger partial charge in [-0.25, -0.2) is 4.98 Å². The van der Waals surface area contributed by atoms with Crippen LogP contribution in [0.25, 0.3) is 34.6 Å². The number of nitrogens with one attached hydrogen (secondary N) is 1. The van der Waals surface area contributed by atoms with Crippen LogP contribution < -0.4 is 5.32 Å². The molecule has 7 nitrogen and oxygen atoms in total. The van der Waals surface area contributed by atoms with Crippen molar-refractivity contribution >= 4 is 46.6 Å². The SMILES string of the molecule is Oc1ccccc1-c1nc(C=Cc2cccs2)nc(Nc2nc3ccccc3o2)n1. The highest BCUT2D eigenvalue weighted by molar-refractivity contribution is 7.10. The minimum Gasteiger partial charge on any atom is -0.507 e. The van der Waals surface area contributed by atoms with Crippen LogP contribution in [0, 0.1) is 0 Å². The van der Waals surface area contributed by atoms with Crippen LogP contribution in [0.1, 0.15) is 10.7 Å². The van der Waals surface area contributed by atoms with Crippen molar-refractivity contribution in [3.8, 4) is 17.1 Å². The fourth-order valence-electron chi connectivity index (χ4n) is 2.87. The van der Waals surface area contributed by atoms with E-state index in [1.54, 1.807) is 35.6 Å². The predicted molar refractivity (Wildman–Crippen MR) is 117 cm³/mol. The first-order valence-corrected chi connectivity index (χ1v) is 10.0. The smallest absolute Gasteiger partial charge is 0.302 e. The molecular weight excluding hydrogens is 398 g/mol. The molecule has 0 amide bonds. The molecule has 30 heavy (non-hydrogen) atoms. The highest BCUT2D eigenvalue weighted by Crippen LogP contribution is 2.27. The van der Waals surface area contributed by atoms with Gasteiger partial charge in [0.05, 0.1) is 5.56 Å². The maximum atomic E-state index is 10.2. The van der Waals surface area contributed by atoms with Crippen LogP contribution in [-0.4, -0.2) is 25.0 Å². The highest BCUT2D eigenvalue weighted by Gasteiger charge is 2.13. The van der Waals surface area contributed by atoms with Crippen molar-refractivity contribution in [2.24, 2.45) is 0 Å². The van der Waals surface area contributed by atoms with Crippen LogP contribution in [0.15, 0.2) is 70.5 Å². The molecular formula is C22H15N5O2S. The molecule has 2 aromatic carbocycles. The van der Waals surface area contributed by atoms with Gasteiger partial charge in [0, 0.05) is 4.88 Å². The summed E-state index contributed by atoms with van der Waals surface area (Å²) < 4.78 is 5.71. The van der Waals surface area contributed by atoms with Crippen molar-refractivity contribution in [2.75, 3.05) is 5.32 Å². The first kappa shape index (κ1) is 18.0. The van der Waals surface area contributed by atoms with Gasteiger partial charge < -0.3 is 9.52 Å². The van der Waals surface area contributed by atoms with E-state index in [1.807, 2.05) is 53.9 Å². The molecule has 0 aliphatic carbocycles. The first-order chi connectivity index (χ1) is 14.7. The molecule has 5 aromatic rings. The summed E-state index contributed by atoms with van der Waals surface area (Å²) in [5, 5.41) is 15.2. The number of thiophene rings is 1. The summed E-state index contributed by atoms with van der Waals surface area (Å²) in [4.78, 5) is 18.9. The highest BCUT2D eigenvalue weighted by atomic mass is 32.1. The number of para-hydroxylation sites is 3. The minimum absolute atomic E-state index is 0.0877. The topological polar surface area (TPSA) is 97.0 Å². The van der Waals surface area contributed by atoms with Crippen LogP contribution in [0.5, 0.6) is 5.75 Å². The third-order valence-corrected chi connectivity index (χ3v) is 5.09. The first-order valence-electron chi connectivity index (χ1n) is 9.13. The zero-order valence-electron chi connectivity index (χ0n) is 15.6. The van der Waals surface area contributed by atoms with Crippen LogP contribution in [0.3, 0.4) is 0 Å². The lowest BCUT2D eigenvalue weighted by Crippen LogP contribution is -2.03. The molecule has 0 saturated carbocycles. The zero-order valence-corrected chi connectivity index (χ0v) is 16.4. The summed E-state index contributed by atoms with van der Waals surface area (Å²) in [6.45, 7) is 0. The third-order valence-electron chi connectivity index (χ3n) is 4.25. The van der Waals surface area contributed by atoms with Crippen molar-refractivity contribution in [3.63, 3.8) is 0 Å². The molecule has 0 radical (unpaired) electrons. The number of aromatic hydroxyl groups is 1. The maximum Gasteiger partial charge on any atom is 0.302 e. The number of phenols is 1. The molecule has 0 spiro atoms. The van der Waals surface area contributed by atoms with E-state index in [9.17, 15) is 5.11 Å². The summed E-state index contributed by atoms with van der Waals surface area (Å²) >= 11 is 1.62. The normalized spacial score (nSPS) is 11.3. The predicted octanol–water partition coefficient (Wildman–Crippen LogP) is 5.36. The summed E-state index contributed by atoms with van der Waals surface area (Å²) in [7, 11) is 0. The second-order valence-electron chi connectivity index (χ2n) is 6.32. The molecule has 2 N–H and O–H groups in total. The Kier molecular flexibility index (Phi) is 4.66. The molecule has 5 rings (SSSR count). The van der Waals surface area contributed by atoms with Crippen molar-refractivity contribution in [1.82, 2.24) is 19.9 Å². The standard InChI is InChI=1S/C22H15N5O2S/c28-17-9-3-1-7-15(17)20-24-19(12-11-14-6-5-13-30-14)25-21(26-20)27-22-23-16-8-2-4-10-18(16)29-22/h1-13,28H,(H,23,24,25,26,27). The fraction of sp³-hybridized carbons (Fsp3) is 0. The van der Waals surface area contributed by atoms with Gasteiger partial charge in [-0.15, -0.1) is 11.3 Å². The van der Waals surface area contributed by atoms with Crippen LogP contribution in [-0.2, 0) is 0 Å². The van der Waals surface area contributed by atoms with E-state index in [4.69, 9.17) is 4.42 Å². The van der Waals surface area contributed by atoms with Crippen LogP contribution >= 0.6 is 11.3 Å². The van der Waals surface area contributed by atoms with Crippen molar-refractivity contribution in [3.05, 3.63) is 76.7 Å². The van der Waals surface area contributed by atoms with E-state index in [1.165, 1.54) is 0 Å². The molecule has 0 bridgehead atoms. The largest absolute Gasteiger partial charge is 0.507 e. The van der Waals surface area contributed by atoms with E-state index in [-0.39, 0.29) is 17.7 Å². The molecule has 3 heterocycles. The van der Waals surface area contributed by atoms with Gasteiger partial charge in [-0.3, -0.25) is 5.32 Å². The van der Waals surface area contributed by atoms with Gasteiger partial charge in [0.2, 0.25) is 5.95 Å². The molecule has 0 aliphatic rings. The maximum absolute atomic E-state index is 10.2. The van der Waals surface area contributed by atoms with E-state index in [0.717, 1.165) is 10.4 Å². The number of rotatable bonds is 5. The van der Waals surface area contributed by atoms with Gasteiger partial charge in [0.25, 0.3) is 0 Å². The van der Waals surface area contributed by atoms with Crippen molar-refractivity contribution in [1.29, 1.82) is 0 Å². The Morgan fingerprint density at radius 3 is 2.57 bits per heavy atom. The molecule has 0 atom stereocenters. The second-order valence-corrected chi connectivity index (χ2v) is 7.30. The van der Waals surface area contributed by atoms with E-state index < -0.39 is 0 Å². The van der Waals surface area contributed by atoms with Gasteiger partial charge in [0.1, 0.15) is 11.3 Å². The number of nitrogens with zero attached hydrogens (tertiary/aromatic N) is 4. The number of hydrogen-bond acceptors (Lipinski definition) is 8. The van der Waals surface area contributed by atoms with E-state index in [0.29, 0.717) is 22.8 Å². The molecule has 0 saturated heterocycles. The number of hydrogen-bond donors (Lipinski definition) is 2. The summed E-state index contributed by atoms with van der Waals surface area (Å²) in [6.07, 6.45) is 3.73. The number of aromatic nitrogens is 4. The van der Waals surface area contributed by atoms with Crippen LogP contribution in [0.4, 0.5) is 12.0 Å². The quantitative estimate of drug-likeness (QED) is 0.400. The van der Waals surface area contributed by atoms with Crippen molar-refractivity contribution < 1.29 is 9.52 Å². The number of oxazole rings is 1. The minimum atomic E-state index is 0.0877. The Morgan fingerprint density at radius 2 is 1.73 bits per heavy atom. The summed E-state index contributed by atoms with van der Waals surface area (Å²) in [5.41, 5.74) is 1.90. The van der Waals surface area contributed by atoms with Gasteiger partial charge in [-0.05, 0) is 47.9 Å². The zero-order chi connectivity index (χ0) is 20.3. The van der Waals surface area contributed by atoms with Crippen molar-refractivity contribution in [2.45, 2.75) is 0 Å². The third kappa shape index (κ3) is 3.76. The molecule has 3 aromatic heterocycles. The van der Waals surface area contributed by atoms with Gasteiger partial charge in [-0.1, -0.05) is 30.3 Å². The Morgan fingerprint density at radius 1 is 0.867 bits per heavy atom. The monoisotopic (exact) mass is 413 g/mol. The summed E-state index contributed by atoms with van der Waals surface area (Å²) in [5.74, 6) is 1.13. The Balaban J connectivity index is 1.55. The number of fused-ring (bicyclic) bond motifs is 1. The van der Waals surface area contributed by atoms with Gasteiger partial charge >= 0.3 is 6.01 Å². The Hall–Kier alpha value is -4.04. The molecule has 0 fully saturated rings. The summed E-state index contributed by atoms with van der Waals surface area (Å²) in [6, 6.07) is 18.6. The van der Waals surface area contributed by atoms with Gasteiger partial charge in [0.15, 0.2) is 17.2 Å². The lowest BCUT2D eigenvalue weighted by atomic mass is 10.2. The van der Waals surface area contributed by atoms with E-state index in [2.05, 4.69) is 25.3 Å². The Bertz CT molecular complexity index is 1310. The van der Waals surface area contributed by atoms with Gasteiger partial charge in [-0.2, -0.15) is 15.0 Å². The van der Waals surface area contributed by atoms with Crippen LogP contribution in [0.2, 0.25) is 0 Å². The molecule has 146 valence electrons. The lowest BCUT2D eigenvalue weighted by molar-refractivity contribution is 0.477. The fourth-order valence-corrected chi connectivity index (χ4v) is 3.49. The molecule has 8 heteroatoms. The lowest BCUT2D eigenvalue weighted by Gasteiger charge is -2.07. The molecule has 0 unspecified atom stereocenters. The molecule has 0 aliphatic heterocycles. The second kappa shape index (κ2) is 7.76. The number of anilines is 2. The van der Waals surface area contributed by atoms with E-state index >= 15 is 0 Å². The average molecular weight is 413 g/mol. The Labute approximate surface area is 175 Å². The number of benzene rings is 2. The number of phenolic OH excluding ortho intramolecular Hbond substituents is 1. The average Bonchev–Trinajstić information content (AvgIpc) is 3.41.